The van der Waals surface area contributed by atoms with E-state index in [1.807, 2.05) is 0 Å². The Morgan fingerprint density at radius 2 is 2.21 bits per heavy atom. The van der Waals surface area contributed by atoms with Crippen LogP contribution in [0.3, 0.4) is 0 Å². The molecule has 1 atom stereocenters. The molecule has 0 saturated carbocycles. The van der Waals surface area contributed by atoms with Crippen LogP contribution in [-0.4, -0.2) is 33.9 Å². The molecular weight excluding hydrogens is 271 g/mol. The third-order valence-electron chi connectivity index (χ3n) is 2.79. The second-order valence-corrected chi connectivity index (χ2v) is 6.38. The first-order chi connectivity index (χ1) is 8.94. The van der Waals surface area contributed by atoms with Gasteiger partial charge in [-0.1, -0.05) is 0 Å². The number of hydrogen-bond acceptors (Lipinski definition) is 4. The van der Waals surface area contributed by atoms with E-state index in [2.05, 4.69) is 10.0 Å². The van der Waals surface area contributed by atoms with Crippen molar-refractivity contribution in [2.45, 2.75) is 18.9 Å². The number of anilines is 2. The first kappa shape index (κ1) is 14.1. The van der Waals surface area contributed by atoms with Crippen molar-refractivity contribution in [1.29, 1.82) is 0 Å². The standard InChI is InChI=1S/C12H17FN2O3S/c1-19(16,17)15-12-7-9(4-5-11(12)13)14-10-3-2-6-18-8-10/h4-5,7,10,14-15H,2-3,6,8H2,1H3. The molecule has 1 aromatic carbocycles. The number of rotatable bonds is 4. The predicted molar refractivity (Wildman–Crippen MR) is 72.3 cm³/mol. The lowest BCUT2D eigenvalue weighted by Crippen LogP contribution is -2.30. The Morgan fingerprint density at radius 3 is 2.84 bits per heavy atom. The molecule has 0 spiro atoms. The minimum atomic E-state index is -3.49. The van der Waals surface area contributed by atoms with Crippen LogP contribution in [-0.2, 0) is 14.8 Å². The van der Waals surface area contributed by atoms with E-state index < -0.39 is 15.8 Å². The van der Waals surface area contributed by atoms with Crippen LogP contribution >= 0.6 is 0 Å². The molecule has 1 heterocycles. The van der Waals surface area contributed by atoms with E-state index >= 15 is 0 Å². The van der Waals surface area contributed by atoms with Gasteiger partial charge in [-0.15, -0.1) is 0 Å². The summed E-state index contributed by atoms with van der Waals surface area (Å²) in [5.74, 6) is -0.601. The maximum absolute atomic E-state index is 13.5. The van der Waals surface area contributed by atoms with Crippen molar-refractivity contribution in [3.63, 3.8) is 0 Å². The minimum absolute atomic E-state index is 0.0516. The molecule has 106 valence electrons. The quantitative estimate of drug-likeness (QED) is 0.886. The summed E-state index contributed by atoms with van der Waals surface area (Å²) < 4.78 is 43.3. The van der Waals surface area contributed by atoms with E-state index in [1.54, 1.807) is 6.07 Å². The lowest BCUT2D eigenvalue weighted by Gasteiger charge is -2.24. The fraction of sp³-hybridized carbons (Fsp3) is 0.500. The fourth-order valence-electron chi connectivity index (χ4n) is 1.98. The Balaban J connectivity index is 2.11. The van der Waals surface area contributed by atoms with Crippen molar-refractivity contribution in [3.05, 3.63) is 24.0 Å². The smallest absolute Gasteiger partial charge is 0.229 e. The normalized spacial score (nSPS) is 20.0. The molecular formula is C12H17FN2O3S. The van der Waals surface area contributed by atoms with Crippen LogP contribution in [0, 0.1) is 5.82 Å². The van der Waals surface area contributed by atoms with Gasteiger partial charge in [0.15, 0.2) is 0 Å². The molecule has 2 N–H and O–H groups in total. The van der Waals surface area contributed by atoms with Gasteiger partial charge in [-0.3, -0.25) is 4.72 Å². The van der Waals surface area contributed by atoms with Crippen LogP contribution in [0.5, 0.6) is 0 Å². The van der Waals surface area contributed by atoms with Crippen LogP contribution in [0.25, 0.3) is 0 Å². The van der Waals surface area contributed by atoms with Crippen LogP contribution in [0.4, 0.5) is 15.8 Å². The first-order valence-corrected chi connectivity index (χ1v) is 7.95. The van der Waals surface area contributed by atoms with E-state index in [0.717, 1.165) is 25.7 Å². The molecule has 19 heavy (non-hydrogen) atoms. The highest BCUT2D eigenvalue weighted by Crippen LogP contribution is 2.22. The third kappa shape index (κ3) is 4.36. The van der Waals surface area contributed by atoms with Crippen molar-refractivity contribution >= 4 is 21.4 Å². The number of hydrogen-bond donors (Lipinski definition) is 2. The summed E-state index contributed by atoms with van der Waals surface area (Å²) in [6, 6.07) is 4.44. The van der Waals surface area contributed by atoms with Crippen molar-refractivity contribution in [3.8, 4) is 0 Å². The SMILES string of the molecule is CS(=O)(=O)Nc1cc(NC2CCCOC2)ccc1F. The lowest BCUT2D eigenvalue weighted by molar-refractivity contribution is 0.0876. The molecule has 7 heteroatoms. The topological polar surface area (TPSA) is 67.4 Å². The van der Waals surface area contributed by atoms with E-state index in [-0.39, 0.29) is 11.7 Å². The van der Waals surface area contributed by atoms with Crippen molar-refractivity contribution in [2.24, 2.45) is 0 Å². The molecule has 0 aliphatic carbocycles. The van der Waals surface area contributed by atoms with Gasteiger partial charge in [0.05, 0.1) is 18.6 Å². The molecule has 5 nitrogen and oxygen atoms in total. The predicted octanol–water partition coefficient (Wildman–Crippen LogP) is 1.79. The second-order valence-electron chi connectivity index (χ2n) is 4.63. The largest absolute Gasteiger partial charge is 0.380 e. The van der Waals surface area contributed by atoms with Gasteiger partial charge in [-0.25, -0.2) is 12.8 Å². The average molecular weight is 288 g/mol. The van der Waals surface area contributed by atoms with E-state index in [0.29, 0.717) is 12.3 Å². The molecule has 2 rings (SSSR count). The van der Waals surface area contributed by atoms with Crippen molar-refractivity contribution < 1.29 is 17.5 Å². The number of halogens is 1. The van der Waals surface area contributed by atoms with Crippen LogP contribution < -0.4 is 10.0 Å². The zero-order chi connectivity index (χ0) is 13.9. The average Bonchev–Trinajstić information content (AvgIpc) is 2.33. The summed E-state index contributed by atoms with van der Waals surface area (Å²) in [4.78, 5) is 0. The maximum atomic E-state index is 13.5. The first-order valence-electron chi connectivity index (χ1n) is 6.06. The molecule has 0 aromatic heterocycles. The highest BCUT2D eigenvalue weighted by Gasteiger charge is 2.15. The highest BCUT2D eigenvalue weighted by atomic mass is 32.2. The summed E-state index contributed by atoms with van der Waals surface area (Å²) in [5, 5.41) is 3.21. The molecule has 1 aliphatic rings. The summed E-state index contributed by atoms with van der Waals surface area (Å²) in [7, 11) is -3.49. The zero-order valence-corrected chi connectivity index (χ0v) is 11.5. The van der Waals surface area contributed by atoms with Gasteiger partial charge in [0.2, 0.25) is 10.0 Å². The minimum Gasteiger partial charge on any atom is -0.380 e. The van der Waals surface area contributed by atoms with Gasteiger partial charge in [-0.05, 0) is 31.0 Å². The Bertz CT molecular complexity index is 542. The molecule has 1 unspecified atom stereocenters. The third-order valence-corrected chi connectivity index (χ3v) is 3.38. The number of ether oxygens (including phenoxy) is 1. The van der Waals surface area contributed by atoms with Gasteiger partial charge in [0, 0.05) is 18.3 Å². The number of benzene rings is 1. The Morgan fingerprint density at radius 1 is 1.42 bits per heavy atom. The molecule has 1 aromatic rings. The second kappa shape index (κ2) is 5.75. The van der Waals surface area contributed by atoms with Crippen LogP contribution in [0.2, 0.25) is 0 Å². The molecule has 0 bridgehead atoms. The van der Waals surface area contributed by atoms with E-state index in [9.17, 15) is 12.8 Å². The molecule has 1 aliphatic heterocycles. The number of sulfonamides is 1. The summed E-state index contributed by atoms with van der Waals surface area (Å²) >= 11 is 0. The van der Waals surface area contributed by atoms with Gasteiger partial charge in [0.25, 0.3) is 0 Å². The fourth-order valence-corrected chi connectivity index (χ4v) is 2.54. The van der Waals surface area contributed by atoms with Crippen molar-refractivity contribution in [1.82, 2.24) is 0 Å². The molecule has 0 radical (unpaired) electrons. The van der Waals surface area contributed by atoms with Gasteiger partial charge in [-0.2, -0.15) is 0 Å². The van der Waals surface area contributed by atoms with Gasteiger partial charge in [0.1, 0.15) is 5.82 Å². The summed E-state index contributed by atoms with van der Waals surface area (Å²) in [5.41, 5.74) is 0.618. The van der Waals surface area contributed by atoms with Crippen LogP contribution in [0.15, 0.2) is 18.2 Å². The monoisotopic (exact) mass is 288 g/mol. The highest BCUT2D eigenvalue weighted by molar-refractivity contribution is 7.92. The van der Waals surface area contributed by atoms with Gasteiger partial charge < -0.3 is 10.1 Å². The zero-order valence-electron chi connectivity index (χ0n) is 10.6. The van der Waals surface area contributed by atoms with E-state index in [4.69, 9.17) is 4.74 Å². The Labute approximate surface area is 112 Å². The molecule has 1 saturated heterocycles. The maximum Gasteiger partial charge on any atom is 0.229 e. The van der Waals surface area contributed by atoms with Crippen LogP contribution in [0.1, 0.15) is 12.8 Å². The lowest BCUT2D eigenvalue weighted by atomic mass is 10.1. The summed E-state index contributed by atoms with van der Waals surface area (Å²) in [6.07, 6.45) is 2.95. The van der Waals surface area contributed by atoms with Gasteiger partial charge >= 0.3 is 0 Å². The summed E-state index contributed by atoms with van der Waals surface area (Å²) in [6.45, 7) is 1.37. The Hall–Kier alpha value is -1.34. The van der Waals surface area contributed by atoms with Crippen molar-refractivity contribution in [2.75, 3.05) is 29.5 Å². The molecule has 0 amide bonds. The Kier molecular flexibility index (Phi) is 4.26. The number of nitrogens with one attached hydrogen (secondary N) is 2. The van der Waals surface area contributed by atoms with E-state index in [1.165, 1.54) is 12.1 Å². The molecule has 1 fully saturated rings.